The van der Waals surface area contributed by atoms with Crippen LogP contribution in [0.5, 0.6) is 0 Å². The highest BCUT2D eigenvalue weighted by Crippen LogP contribution is 2.59. The lowest BCUT2D eigenvalue weighted by Crippen LogP contribution is -2.39. The molecule has 148 valence electrons. The Bertz CT molecular complexity index is 886. The second-order valence-corrected chi connectivity index (χ2v) is 8.84. The molecule has 4 aliphatic carbocycles. The van der Waals surface area contributed by atoms with Crippen molar-refractivity contribution >= 4 is 0 Å². The predicted molar refractivity (Wildman–Crippen MR) is 105 cm³/mol. The van der Waals surface area contributed by atoms with Crippen LogP contribution in [0.15, 0.2) is 58.5 Å². The quantitative estimate of drug-likeness (QED) is 0.645. The number of methoxy groups -OCH3 is 3. The lowest BCUT2D eigenvalue weighted by molar-refractivity contribution is -0.462. The largest absolute Gasteiger partial charge is 0.493 e. The van der Waals surface area contributed by atoms with Gasteiger partial charge in [0.1, 0.15) is 4.76 Å². The van der Waals surface area contributed by atoms with Gasteiger partial charge in [0.25, 0.3) is 0 Å². The van der Waals surface area contributed by atoms with Gasteiger partial charge in [0.15, 0.2) is 11.5 Å². The van der Waals surface area contributed by atoms with Gasteiger partial charge in [0.05, 0.1) is 21.3 Å². The minimum Gasteiger partial charge on any atom is -0.493 e. The van der Waals surface area contributed by atoms with E-state index in [2.05, 4.69) is 12.2 Å². The van der Waals surface area contributed by atoms with Gasteiger partial charge in [-0.1, -0.05) is 12.8 Å². The second kappa shape index (κ2) is 6.36. The SMILES string of the molecule is COC1=CC2=C3CC4CC2(C=C1OC)/C=C(/OC)[N+](=O)/C=C\3CC4CC1CC1. The number of rotatable bonds is 5. The highest BCUT2D eigenvalue weighted by Gasteiger charge is 2.50. The maximum atomic E-state index is 12.8. The molecule has 0 radical (unpaired) electrons. The van der Waals surface area contributed by atoms with E-state index in [-0.39, 0.29) is 5.41 Å². The molecule has 1 aliphatic heterocycles. The second-order valence-electron chi connectivity index (χ2n) is 8.84. The third-order valence-corrected chi connectivity index (χ3v) is 7.19. The lowest BCUT2D eigenvalue weighted by atomic mass is 9.56. The summed E-state index contributed by atoms with van der Waals surface area (Å²) in [4.78, 5) is 12.8. The molecule has 3 atom stereocenters. The van der Waals surface area contributed by atoms with E-state index in [0.717, 1.165) is 41.5 Å². The zero-order valence-electron chi connectivity index (χ0n) is 16.9. The number of fused-ring (bicyclic) bond motifs is 1. The first-order valence-corrected chi connectivity index (χ1v) is 10.3. The van der Waals surface area contributed by atoms with Gasteiger partial charge >= 0.3 is 5.88 Å². The molecular weight excluding hydrogens is 354 g/mol. The molecular formula is C23H28NO4+. The van der Waals surface area contributed by atoms with E-state index < -0.39 is 0 Å². The van der Waals surface area contributed by atoms with E-state index in [9.17, 15) is 4.91 Å². The molecule has 5 rings (SSSR count). The Morgan fingerprint density at radius 3 is 2.54 bits per heavy atom. The van der Waals surface area contributed by atoms with E-state index >= 15 is 0 Å². The summed E-state index contributed by atoms with van der Waals surface area (Å²) in [5.74, 6) is 3.97. The van der Waals surface area contributed by atoms with Gasteiger partial charge in [0.2, 0.25) is 6.20 Å². The standard InChI is InChI=1S/C23H28NO4/c1-26-20-9-19-18-8-16-10-23(19,11-21(20)27-2)12-22(28-3)24(25)13-17(18)7-15(16)6-14-4-5-14/h9,11-16H,4-8,10H2,1-3H3/q+1/b17-13-,22-12+. The zero-order valence-corrected chi connectivity index (χ0v) is 16.9. The van der Waals surface area contributed by atoms with Crippen LogP contribution in [0.1, 0.15) is 38.5 Å². The smallest absolute Gasteiger partial charge is 0.419 e. The van der Waals surface area contributed by atoms with E-state index in [0.29, 0.717) is 17.7 Å². The van der Waals surface area contributed by atoms with Crippen molar-refractivity contribution in [3.8, 4) is 0 Å². The van der Waals surface area contributed by atoms with Crippen molar-refractivity contribution in [2.75, 3.05) is 21.3 Å². The van der Waals surface area contributed by atoms with Gasteiger partial charge in [-0.05, 0) is 66.7 Å². The molecule has 5 heteroatoms. The molecule has 3 unspecified atom stereocenters. The molecule has 0 spiro atoms. The molecule has 2 saturated carbocycles. The minimum absolute atomic E-state index is 0.344. The Morgan fingerprint density at radius 2 is 1.86 bits per heavy atom. The summed E-state index contributed by atoms with van der Waals surface area (Å²) in [7, 11) is 4.91. The molecule has 0 saturated heterocycles. The summed E-state index contributed by atoms with van der Waals surface area (Å²) in [5, 5.41) is 0. The summed E-state index contributed by atoms with van der Waals surface area (Å²) < 4.78 is 17.6. The fourth-order valence-electron chi connectivity index (χ4n) is 5.67. The molecule has 3 bridgehead atoms. The van der Waals surface area contributed by atoms with Crippen molar-refractivity contribution in [1.82, 2.24) is 0 Å². The maximum absolute atomic E-state index is 12.8. The summed E-state index contributed by atoms with van der Waals surface area (Å²) in [6, 6.07) is 0. The van der Waals surface area contributed by atoms with Crippen molar-refractivity contribution < 1.29 is 19.0 Å². The van der Waals surface area contributed by atoms with Crippen molar-refractivity contribution in [2.24, 2.45) is 23.2 Å². The molecule has 2 fully saturated rings. The Morgan fingerprint density at radius 1 is 1.07 bits per heavy atom. The zero-order chi connectivity index (χ0) is 19.5. The normalized spacial score (nSPS) is 37.5. The number of hydrogen-bond donors (Lipinski definition) is 0. The van der Waals surface area contributed by atoms with Crippen molar-refractivity contribution in [3.05, 3.63) is 63.5 Å². The summed E-state index contributed by atoms with van der Waals surface area (Å²) in [6.07, 6.45) is 15.1. The summed E-state index contributed by atoms with van der Waals surface area (Å²) in [6.45, 7) is 0. The fourth-order valence-corrected chi connectivity index (χ4v) is 5.67. The van der Waals surface area contributed by atoms with E-state index in [1.807, 2.05) is 6.08 Å². The molecule has 1 heterocycles. The van der Waals surface area contributed by atoms with E-state index in [1.165, 1.54) is 36.0 Å². The number of allylic oxidation sites excluding steroid dienone is 6. The average Bonchev–Trinajstić information content (AvgIpc) is 3.51. The van der Waals surface area contributed by atoms with Crippen LogP contribution in [-0.2, 0) is 14.2 Å². The number of hydrogen-bond acceptors (Lipinski definition) is 4. The third kappa shape index (κ3) is 2.66. The molecule has 0 N–H and O–H groups in total. The predicted octanol–water partition coefficient (Wildman–Crippen LogP) is 4.74. The first-order chi connectivity index (χ1) is 13.6. The minimum atomic E-state index is -0.388. The van der Waals surface area contributed by atoms with Crippen molar-refractivity contribution in [1.29, 1.82) is 0 Å². The van der Waals surface area contributed by atoms with Gasteiger partial charge in [-0.25, -0.2) is 0 Å². The van der Waals surface area contributed by atoms with Crippen LogP contribution >= 0.6 is 0 Å². The molecule has 5 nitrogen and oxygen atoms in total. The fraction of sp³-hybridized carbons (Fsp3) is 0.565. The van der Waals surface area contributed by atoms with Gasteiger partial charge in [-0.15, -0.1) is 0 Å². The van der Waals surface area contributed by atoms with Crippen molar-refractivity contribution in [2.45, 2.75) is 38.5 Å². The third-order valence-electron chi connectivity index (χ3n) is 7.19. The molecule has 0 aromatic carbocycles. The van der Waals surface area contributed by atoms with Gasteiger partial charge in [0, 0.05) is 22.0 Å². The molecule has 0 aromatic rings. The van der Waals surface area contributed by atoms with Crippen LogP contribution in [0.25, 0.3) is 0 Å². The molecule has 28 heavy (non-hydrogen) atoms. The highest BCUT2D eigenvalue weighted by molar-refractivity contribution is 5.57. The van der Waals surface area contributed by atoms with Crippen LogP contribution in [-0.4, -0.2) is 26.1 Å². The van der Waals surface area contributed by atoms with Crippen LogP contribution < -0.4 is 0 Å². The van der Waals surface area contributed by atoms with E-state index in [1.54, 1.807) is 27.5 Å². The summed E-state index contributed by atoms with van der Waals surface area (Å²) >= 11 is 0. The molecule has 5 aliphatic rings. The molecule has 0 aromatic heterocycles. The van der Waals surface area contributed by atoms with Crippen LogP contribution in [0, 0.1) is 28.1 Å². The first-order valence-electron chi connectivity index (χ1n) is 10.3. The topological polar surface area (TPSA) is 47.8 Å². The number of nitrogens with zero attached hydrogens (tertiary/aromatic N) is 1. The Balaban J connectivity index is 1.71. The van der Waals surface area contributed by atoms with Crippen LogP contribution in [0.3, 0.4) is 0 Å². The lowest BCUT2D eigenvalue weighted by Gasteiger charge is -2.47. The van der Waals surface area contributed by atoms with Gasteiger partial charge in [-0.3, -0.25) is 0 Å². The van der Waals surface area contributed by atoms with Gasteiger partial charge < -0.3 is 14.2 Å². The first kappa shape index (κ1) is 17.8. The molecule has 0 amide bonds. The highest BCUT2D eigenvalue weighted by atomic mass is 16.5. The Labute approximate surface area is 166 Å². The van der Waals surface area contributed by atoms with Gasteiger partial charge in [-0.2, -0.15) is 0 Å². The average molecular weight is 382 g/mol. The Hall–Kier alpha value is -2.30. The van der Waals surface area contributed by atoms with Crippen molar-refractivity contribution in [3.63, 3.8) is 0 Å². The maximum Gasteiger partial charge on any atom is 0.419 e. The Kier molecular flexibility index (Phi) is 4.04. The van der Waals surface area contributed by atoms with E-state index in [4.69, 9.17) is 14.2 Å². The number of nitroso groups, excluding NO2 is 1. The summed E-state index contributed by atoms with van der Waals surface area (Å²) in [5.41, 5.74) is 3.33. The monoisotopic (exact) mass is 382 g/mol. The number of ether oxygens (including phenoxy) is 3. The van der Waals surface area contributed by atoms with Crippen LogP contribution in [0.2, 0.25) is 0 Å². The van der Waals surface area contributed by atoms with Crippen LogP contribution in [0.4, 0.5) is 0 Å².